The molecule has 4 nitrogen and oxygen atoms in total. The van der Waals surface area contributed by atoms with Gasteiger partial charge in [-0.05, 0) is 34.1 Å². The second kappa shape index (κ2) is 5.86. The second-order valence-corrected chi connectivity index (χ2v) is 5.99. The van der Waals surface area contributed by atoms with Crippen LogP contribution >= 0.6 is 7.60 Å². The predicted molar refractivity (Wildman–Crippen MR) is 58.3 cm³/mol. The van der Waals surface area contributed by atoms with Crippen molar-refractivity contribution in [2.45, 2.75) is 59.0 Å². The minimum absolute atomic E-state index is 0.141. The molecule has 0 aromatic rings. The van der Waals surface area contributed by atoms with Gasteiger partial charge in [0.1, 0.15) is 5.78 Å². The first-order valence-electron chi connectivity index (χ1n) is 5.04. The van der Waals surface area contributed by atoms with Crippen LogP contribution in [0, 0.1) is 0 Å². The quantitative estimate of drug-likeness (QED) is 0.703. The van der Waals surface area contributed by atoms with Crippen LogP contribution in [0.25, 0.3) is 0 Å². The summed E-state index contributed by atoms with van der Waals surface area (Å²) in [4.78, 5) is 0. The van der Waals surface area contributed by atoms with Crippen LogP contribution < -0.4 is 5.73 Å². The van der Waals surface area contributed by atoms with E-state index in [1.165, 1.54) is 0 Å². The molecular formula is C9H22NO3P. The molecule has 0 saturated carbocycles. The highest BCUT2D eigenvalue weighted by atomic mass is 31.2. The Morgan fingerprint density at radius 2 is 1.50 bits per heavy atom. The Morgan fingerprint density at radius 3 is 1.71 bits per heavy atom. The standard InChI is InChI=1S/C9H22NO3P/c1-6-9(10)14(11,12-7(2)3)13-8(4)5/h7-9H,6,10H2,1-5H3. The molecule has 0 rings (SSSR count). The lowest BCUT2D eigenvalue weighted by Crippen LogP contribution is -2.25. The number of hydrogen-bond acceptors (Lipinski definition) is 4. The molecule has 0 aromatic carbocycles. The molecule has 0 aliphatic rings. The zero-order valence-electron chi connectivity index (χ0n) is 9.69. The third-order valence-corrected chi connectivity index (χ3v) is 4.15. The SMILES string of the molecule is CCC(N)P(=O)(OC(C)C)OC(C)C. The van der Waals surface area contributed by atoms with E-state index in [9.17, 15) is 4.57 Å². The normalized spacial score (nSPS) is 15.1. The first kappa shape index (κ1) is 14.1. The van der Waals surface area contributed by atoms with Crippen molar-refractivity contribution in [3.8, 4) is 0 Å². The minimum atomic E-state index is -3.14. The molecule has 5 heteroatoms. The van der Waals surface area contributed by atoms with Gasteiger partial charge in [-0.15, -0.1) is 0 Å². The van der Waals surface area contributed by atoms with Crippen molar-refractivity contribution in [2.24, 2.45) is 5.73 Å². The lowest BCUT2D eigenvalue weighted by Gasteiger charge is -2.26. The fourth-order valence-corrected chi connectivity index (χ4v) is 2.98. The van der Waals surface area contributed by atoms with Crippen LogP contribution in [0.15, 0.2) is 0 Å². The van der Waals surface area contributed by atoms with Crippen LogP contribution in [-0.2, 0) is 13.6 Å². The Hall–Kier alpha value is 0.110. The zero-order chi connectivity index (χ0) is 11.4. The monoisotopic (exact) mass is 223 g/mol. The lowest BCUT2D eigenvalue weighted by atomic mass is 10.5. The molecule has 86 valence electrons. The molecule has 0 aromatic heterocycles. The van der Waals surface area contributed by atoms with Crippen LogP contribution in [0.1, 0.15) is 41.0 Å². The Bertz CT molecular complexity index is 192. The summed E-state index contributed by atoms with van der Waals surface area (Å²) < 4.78 is 22.8. The van der Waals surface area contributed by atoms with Gasteiger partial charge in [0.2, 0.25) is 0 Å². The van der Waals surface area contributed by atoms with Gasteiger partial charge in [0, 0.05) is 0 Å². The molecule has 0 bridgehead atoms. The van der Waals surface area contributed by atoms with E-state index in [-0.39, 0.29) is 12.2 Å². The highest BCUT2D eigenvalue weighted by Gasteiger charge is 2.34. The largest absolute Gasteiger partial charge is 0.347 e. The number of rotatable bonds is 6. The van der Waals surface area contributed by atoms with Crippen LogP contribution in [0.3, 0.4) is 0 Å². The van der Waals surface area contributed by atoms with Crippen LogP contribution in [-0.4, -0.2) is 18.0 Å². The van der Waals surface area contributed by atoms with Gasteiger partial charge in [0.25, 0.3) is 0 Å². The Kier molecular flexibility index (Phi) is 5.91. The van der Waals surface area contributed by atoms with Gasteiger partial charge in [-0.2, -0.15) is 0 Å². The van der Waals surface area contributed by atoms with Gasteiger partial charge < -0.3 is 14.8 Å². The highest BCUT2D eigenvalue weighted by molar-refractivity contribution is 7.54. The molecule has 1 unspecified atom stereocenters. The Morgan fingerprint density at radius 1 is 1.14 bits per heavy atom. The van der Waals surface area contributed by atoms with Gasteiger partial charge in [-0.3, -0.25) is 4.57 Å². The third-order valence-electron chi connectivity index (χ3n) is 1.54. The molecule has 0 radical (unpaired) electrons. The van der Waals surface area contributed by atoms with Gasteiger partial charge in [-0.25, -0.2) is 0 Å². The molecular weight excluding hydrogens is 201 g/mol. The molecule has 0 heterocycles. The summed E-state index contributed by atoms with van der Waals surface area (Å²) in [6.45, 7) is 9.14. The molecule has 0 amide bonds. The molecule has 0 spiro atoms. The summed E-state index contributed by atoms with van der Waals surface area (Å²) >= 11 is 0. The second-order valence-electron chi connectivity index (χ2n) is 3.82. The fraction of sp³-hybridized carbons (Fsp3) is 1.00. The maximum Gasteiger partial charge on any atom is 0.347 e. The van der Waals surface area contributed by atoms with E-state index in [0.717, 1.165) is 0 Å². The minimum Gasteiger partial charge on any atom is -0.318 e. The predicted octanol–water partition coefficient (Wildman–Crippen LogP) is 2.72. The smallest absolute Gasteiger partial charge is 0.318 e. The van der Waals surface area contributed by atoms with E-state index in [4.69, 9.17) is 14.8 Å². The molecule has 1 atom stereocenters. The van der Waals surface area contributed by atoms with Crippen molar-refractivity contribution < 1.29 is 13.6 Å². The van der Waals surface area contributed by atoms with E-state index >= 15 is 0 Å². The van der Waals surface area contributed by atoms with E-state index < -0.39 is 13.4 Å². The molecule has 14 heavy (non-hydrogen) atoms. The summed E-state index contributed by atoms with van der Waals surface area (Å²) in [5.74, 6) is -0.535. The average Bonchev–Trinajstić information content (AvgIpc) is 1.99. The van der Waals surface area contributed by atoms with Crippen molar-refractivity contribution in [3.05, 3.63) is 0 Å². The topological polar surface area (TPSA) is 61.6 Å². The van der Waals surface area contributed by atoms with E-state index in [1.807, 2.05) is 34.6 Å². The third kappa shape index (κ3) is 4.56. The van der Waals surface area contributed by atoms with Gasteiger partial charge in [0.15, 0.2) is 0 Å². The summed E-state index contributed by atoms with van der Waals surface area (Å²) in [5.41, 5.74) is 5.73. The zero-order valence-corrected chi connectivity index (χ0v) is 10.6. The summed E-state index contributed by atoms with van der Waals surface area (Å²) in [6, 6.07) is 0. The number of nitrogens with two attached hydrogens (primary N) is 1. The summed E-state index contributed by atoms with van der Waals surface area (Å²) in [5, 5.41) is 0. The molecule has 0 aliphatic carbocycles. The lowest BCUT2D eigenvalue weighted by molar-refractivity contribution is 0.136. The van der Waals surface area contributed by atoms with Crippen LogP contribution in [0.5, 0.6) is 0 Å². The maximum atomic E-state index is 12.2. The fourth-order valence-electron chi connectivity index (χ4n) is 0.992. The Labute approximate surface area is 86.7 Å². The van der Waals surface area contributed by atoms with Crippen molar-refractivity contribution in [1.29, 1.82) is 0 Å². The van der Waals surface area contributed by atoms with E-state index in [1.54, 1.807) is 0 Å². The molecule has 2 N–H and O–H groups in total. The van der Waals surface area contributed by atoms with Crippen LogP contribution in [0.4, 0.5) is 0 Å². The van der Waals surface area contributed by atoms with Crippen molar-refractivity contribution in [2.75, 3.05) is 0 Å². The van der Waals surface area contributed by atoms with Crippen molar-refractivity contribution >= 4 is 7.60 Å². The van der Waals surface area contributed by atoms with Crippen molar-refractivity contribution in [1.82, 2.24) is 0 Å². The average molecular weight is 223 g/mol. The van der Waals surface area contributed by atoms with Gasteiger partial charge in [0.05, 0.1) is 12.2 Å². The van der Waals surface area contributed by atoms with Gasteiger partial charge >= 0.3 is 7.60 Å². The van der Waals surface area contributed by atoms with Gasteiger partial charge in [-0.1, -0.05) is 6.92 Å². The first-order chi connectivity index (χ1) is 6.31. The summed E-state index contributed by atoms with van der Waals surface area (Å²) in [6.07, 6.45) is 0.297. The Balaban J connectivity index is 4.58. The maximum absolute atomic E-state index is 12.2. The number of hydrogen-bond donors (Lipinski definition) is 1. The van der Waals surface area contributed by atoms with E-state index in [0.29, 0.717) is 6.42 Å². The summed E-state index contributed by atoms with van der Waals surface area (Å²) in [7, 11) is -3.14. The van der Waals surface area contributed by atoms with Crippen LogP contribution in [0.2, 0.25) is 0 Å². The van der Waals surface area contributed by atoms with Crippen molar-refractivity contribution in [3.63, 3.8) is 0 Å². The highest BCUT2D eigenvalue weighted by Crippen LogP contribution is 2.54. The van der Waals surface area contributed by atoms with E-state index in [2.05, 4.69) is 0 Å². The molecule has 0 saturated heterocycles. The first-order valence-corrected chi connectivity index (χ1v) is 6.65. The molecule has 0 fully saturated rings. The molecule has 0 aliphatic heterocycles.